The molecule has 0 aliphatic rings. The first-order valence-electron chi connectivity index (χ1n) is 4.88. The van der Waals surface area contributed by atoms with Crippen molar-refractivity contribution in [3.8, 4) is 11.4 Å². The van der Waals surface area contributed by atoms with Crippen molar-refractivity contribution in [1.82, 2.24) is 20.4 Å². The lowest BCUT2D eigenvalue weighted by Gasteiger charge is -2.05. The molecule has 0 fully saturated rings. The third-order valence-corrected chi connectivity index (χ3v) is 2.24. The second-order valence-electron chi connectivity index (χ2n) is 3.65. The lowest BCUT2D eigenvalue weighted by molar-refractivity contribution is 0.858. The van der Waals surface area contributed by atoms with Gasteiger partial charge in [0.1, 0.15) is 0 Å². The van der Waals surface area contributed by atoms with Crippen LogP contribution in [0.4, 0.5) is 0 Å². The first-order valence-corrected chi connectivity index (χ1v) is 4.88. The number of hydrogen-bond donors (Lipinski definition) is 0. The number of nitrogens with zero attached hydrogens (tertiary/aromatic N) is 4. The lowest BCUT2D eigenvalue weighted by Crippen LogP contribution is -1.94. The fourth-order valence-corrected chi connectivity index (χ4v) is 1.34. The highest BCUT2D eigenvalue weighted by atomic mass is 15.3. The van der Waals surface area contributed by atoms with E-state index in [1.165, 1.54) is 11.9 Å². The summed E-state index contributed by atoms with van der Waals surface area (Å²) in [5.41, 5.74) is 2.25. The van der Waals surface area contributed by atoms with Gasteiger partial charge in [-0.25, -0.2) is 0 Å². The zero-order chi connectivity index (χ0) is 10.7. The van der Waals surface area contributed by atoms with Crippen molar-refractivity contribution in [2.45, 2.75) is 19.8 Å². The molecule has 4 nitrogen and oxygen atoms in total. The monoisotopic (exact) mass is 200 g/mol. The molecular weight excluding hydrogens is 188 g/mol. The van der Waals surface area contributed by atoms with Crippen LogP contribution >= 0.6 is 0 Å². The Bertz CT molecular complexity index is 422. The van der Waals surface area contributed by atoms with Gasteiger partial charge in [-0.2, -0.15) is 0 Å². The molecule has 0 saturated carbocycles. The van der Waals surface area contributed by atoms with Crippen LogP contribution < -0.4 is 0 Å². The molecule has 0 radical (unpaired) electrons. The summed E-state index contributed by atoms with van der Waals surface area (Å²) in [5.74, 6) is 1.10. The molecule has 0 aliphatic heterocycles. The quantitative estimate of drug-likeness (QED) is 0.744. The summed E-state index contributed by atoms with van der Waals surface area (Å²) < 4.78 is 0. The van der Waals surface area contributed by atoms with Gasteiger partial charge >= 0.3 is 0 Å². The molecule has 1 aromatic heterocycles. The summed E-state index contributed by atoms with van der Waals surface area (Å²) in [4.78, 5) is 0. The average Bonchev–Trinajstić information content (AvgIpc) is 2.30. The molecule has 1 aromatic carbocycles. The molecule has 0 N–H and O–H groups in total. The third kappa shape index (κ3) is 2.15. The van der Waals surface area contributed by atoms with Gasteiger partial charge in [-0.15, -0.1) is 20.4 Å². The molecule has 0 bridgehead atoms. The van der Waals surface area contributed by atoms with E-state index in [9.17, 15) is 0 Å². The van der Waals surface area contributed by atoms with Gasteiger partial charge in [0.05, 0.1) is 0 Å². The minimum Gasteiger partial charge on any atom is -0.135 e. The van der Waals surface area contributed by atoms with Gasteiger partial charge in [-0.05, 0) is 11.5 Å². The predicted octanol–water partition coefficient (Wildman–Crippen LogP) is 2.06. The van der Waals surface area contributed by atoms with Gasteiger partial charge in [0.15, 0.2) is 6.33 Å². The normalized spacial score (nSPS) is 10.6. The highest BCUT2D eigenvalue weighted by molar-refractivity contribution is 5.54. The molecule has 1 heterocycles. The molecular formula is C11H12N4. The van der Waals surface area contributed by atoms with E-state index in [0.717, 1.165) is 5.56 Å². The van der Waals surface area contributed by atoms with E-state index in [2.05, 4.69) is 46.4 Å². The van der Waals surface area contributed by atoms with Gasteiger partial charge in [-0.1, -0.05) is 38.1 Å². The zero-order valence-corrected chi connectivity index (χ0v) is 8.75. The third-order valence-electron chi connectivity index (χ3n) is 2.24. The number of benzene rings is 1. The fourth-order valence-electron chi connectivity index (χ4n) is 1.34. The van der Waals surface area contributed by atoms with E-state index >= 15 is 0 Å². The van der Waals surface area contributed by atoms with Gasteiger partial charge in [-0.3, -0.25) is 0 Å². The second-order valence-corrected chi connectivity index (χ2v) is 3.65. The topological polar surface area (TPSA) is 51.6 Å². The second kappa shape index (κ2) is 4.13. The number of hydrogen-bond acceptors (Lipinski definition) is 4. The molecule has 0 atom stereocenters. The first-order chi connectivity index (χ1) is 7.27. The van der Waals surface area contributed by atoms with Crippen molar-refractivity contribution in [2.75, 3.05) is 0 Å². The zero-order valence-electron chi connectivity index (χ0n) is 8.75. The Morgan fingerprint density at radius 1 is 0.933 bits per heavy atom. The number of aromatic nitrogens is 4. The van der Waals surface area contributed by atoms with E-state index in [4.69, 9.17) is 0 Å². The summed E-state index contributed by atoms with van der Waals surface area (Å²) >= 11 is 0. The molecule has 2 rings (SSSR count). The molecule has 0 amide bonds. The van der Waals surface area contributed by atoms with Crippen LogP contribution in [0, 0.1) is 0 Å². The maximum Gasteiger partial charge on any atom is 0.203 e. The van der Waals surface area contributed by atoms with E-state index in [0.29, 0.717) is 11.7 Å². The van der Waals surface area contributed by atoms with Crippen molar-refractivity contribution < 1.29 is 0 Å². The van der Waals surface area contributed by atoms with Crippen LogP contribution in [0.3, 0.4) is 0 Å². The maximum absolute atomic E-state index is 3.90. The van der Waals surface area contributed by atoms with Crippen LogP contribution in [0.1, 0.15) is 25.3 Å². The smallest absolute Gasteiger partial charge is 0.135 e. The Labute approximate surface area is 88.4 Å². The van der Waals surface area contributed by atoms with Crippen LogP contribution in [0.15, 0.2) is 30.6 Å². The summed E-state index contributed by atoms with van der Waals surface area (Å²) in [6.07, 6.45) is 1.33. The summed E-state index contributed by atoms with van der Waals surface area (Å²) in [6.45, 7) is 4.33. The highest BCUT2D eigenvalue weighted by Gasteiger charge is 2.03. The molecule has 4 heteroatoms. The van der Waals surface area contributed by atoms with E-state index in [1.807, 2.05) is 12.1 Å². The molecule has 2 aromatic rings. The Morgan fingerprint density at radius 2 is 1.53 bits per heavy atom. The van der Waals surface area contributed by atoms with Crippen molar-refractivity contribution in [1.29, 1.82) is 0 Å². The summed E-state index contributed by atoms with van der Waals surface area (Å²) in [7, 11) is 0. The minimum atomic E-state index is 0.534. The van der Waals surface area contributed by atoms with Crippen molar-refractivity contribution >= 4 is 0 Å². The maximum atomic E-state index is 3.90. The lowest BCUT2D eigenvalue weighted by atomic mass is 10.0. The van der Waals surface area contributed by atoms with Crippen LogP contribution in [-0.2, 0) is 0 Å². The minimum absolute atomic E-state index is 0.534. The number of rotatable bonds is 2. The first kappa shape index (κ1) is 9.71. The highest BCUT2D eigenvalue weighted by Crippen LogP contribution is 2.18. The summed E-state index contributed by atoms with van der Waals surface area (Å²) in [6, 6.07) is 8.15. The SMILES string of the molecule is CC(C)c1ccc(-c2nncnn2)cc1. The molecule has 15 heavy (non-hydrogen) atoms. The van der Waals surface area contributed by atoms with Crippen molar-refractivity contribution in [2.24, 2.45) is 0 Å². The van der Waals surface area contributed by atoms with Gasteiger partial charge in [0.2, 0.25) is 5.82 Å². The van der Waals surface area contributed by atoms with Gasteiger partial charge in [0, 0.05) is 5.56 Å². The van der Waals surface area contributed by atoms with E-state index < -0.39 is 0 Å². The Hall–Kier alpha value is -1.84. The Balaban J connectivity index is 2.32. The van der Waals surface area contributed by atoms with E-state index in [-0.39, 0.29) is 0 Å². The predicted molar refractivity (Wildman–Crippen MR) is 57.1 cm³/mol. The Kier molecular flexibility index (Phi) is 2.67. The molecule has 76 valence electrons. The molecule has 0 unspecified atom stereocenters. The van der Waals surface area contributed by atoms with Crippen molar-refractivity contribution in [3.63, 3.8) is 0 Å². The standard InChI is InChI=1S/C11H12N4/c1-8(2)9-3-5-10(6-4-9)11-14-12-7-13-15-11/h3-8H,1-2H3. The van der Waals surface area contributed by atoms with Crippen LogP contribution in [0.5, 0.6) is 0 Å². The molecule has 0 saturated heterocycles. The van der Waals surface area contributed by atoms with Crippen LogP contribution in [0.2, 0.25) is 0 Å². The van der Waals surface area contributed by atoms with E-state index in [1.54, 1.807) is 0 Å². The van der Waals surface area contributed by atoms with Crippen molar-refractivity contribution in [3.05, 3.63) is 36.2 Å². The molecule has 0 spiro atoms. The largest absolute Gasteiger partial charge is 0.203 e. The van der Waals surface area contributed by atoms with Crippen LogP contribution in [0.25, 0.3) is 11.4 Å². The van der Waals surface area contributed by atoms with Gasteiger partial charge in [0.25, 0.3) is 0 Å². The average molecular weight is 200 g/mol. The fraction of sp³-hybridized carbons (Fsp3) is 0.273. The molecule has 0 aliphatic carbocycles. The van der Waals surface area contributed by atoms with Crippen LogP contribution in [-0.4, -0.2) is 20.4 Å². The van der Waals surface area contributed by atoms with Gasteiger partial charge < -0.3 is 0 Å². The summed E-state index contributed by atoms with van der Waals surface area (Å²) in [5, 5.41) is 15.2. The Morgan fingerprint density at radius 3 is 2.07 bits per heavy atom.